The molecule has 2 rings (SSSR count). The molecule has 0 saturated carbocycles. The van der Waals surface area contributed by atoms with Crippen LogP contribution in [0.4, 0.5) is 5.69 Å². The summed E-state index contributed by atoms with van der Waals surface area (Å²) in [5, 5.41) is 3.01. The van der Waals surface area contributed by atoms with Gasteiger partial charge in [-0.1, -0.05) is 25.1 Å². The predicted molar refractivity (Wildman–Crippen MR) is 92.3 cm³/mol. The molecule has 0 spiro atoms. The maximum Gasteiger partial charge on any atom is 0.224 e. The fraction of sp³-hybridized carbons (Fsp3) is 0.556. The molecule has 0 bridgehead atoms. The smallest absolute Gasteiger partial charge is 0.224 e. The van der Waals surface area contributed by atoms with E-state index in [9.17, 15) is 9.59 Å². The van der Waals surface area contributed by atoms with Crippen LogP contribution < -0.4 is 10.2 Å². The number of anilines is 1. The van der Waals surface area contributed by atoms with Gasteiger partial charge in [0.05, 0.1) is 5.92 Å². The Morgan fingerprint density at radius 1 is 1.30 bits per heavy atom. The minimum absolute atomic E-state index is 0.0683. The second-order valence-corrected chi connectivity index (χ2v) is 6.08. The van der Waals surface area contributed by atoms with E-state index in [0.717, 1.165) is 31.6 Å². The third-order valence-electron chi connectivity index (χ3n) is 4.39. The fourth-order valence-electron chi connectivity index (χ4n) is 2.94. The third-order valence-corrected chi connectivity index (χ3v) is 4.39. The highest BCUT2D eigenvalue weighted by Crippen LogP contribution is 2.17. The molecule has 1 N–H and O–H groups in total. The zero-order chi connectivity index (χ0) is 16.7. The van der Waals surface area contributed by atoms with Gasteiger partial charge < -0.3 is 15.1 Å². The van der Waals surface area contributed by atoms with Crippen LogP contribution >= 0.6 is 0 Å². The second-order valence-electron chi connectivity index (χ2n) is 6.08. The molecule has 5 nitrogen and oxygen atoms in total. The highest BCUT2D eigenvalue weighted by atomic mass is 16.2. The summed E-state index contributed by atoms with van der Waals surface area (Å²) >= 11 is 0. The average molecular weight is 317 g/mol. The number of likely N-dealkylation sites (N-methyl/N-ethyl adjacent to an activating group) is 1. The van der Waals surface area contributed by atoms with Crippen molar-refractivity contribution >= 4 is 17.5 Å². The second kappa shape index (κ2) is 8.56. The van der Waals surface area contributed by atoms with Crippen molar-refractivity contribution in [2.24, 2.45) is 5.92 Å². The fourth-order valence-corrected chi connectivity index (χ4v) is 2.94. The predicted octanol–water partition coefficient (Wildman–Crippen LogP) is 1.89. The van der Waals surface area contributed by atoms with Crippen molar-refractivity contribution in [3.8, 4) is 0 Å². The minimum Gasteiger partial charge on any atom is -0.373 e. The molecule has 0 aromatic heterocycles. The van der Waals surface area contributed by atoms with Crippen molar-refractivity contribution in [2.45, 2.75) is 26.2 Å². The number of likely N-dealkylation sites (tertiary alicyclic amines) is 1. The quantitative estimate of drug-likeness (QED) is 0.872. The van der Waals surface area contributed by atoms with Crippen LogP contribution in [0.1, 0.15) is 26.2 Å². The molecule has 23 heavy (non-hydrogen) atoms. The summed E-state index contributed by atoms with van der Waals surface area (Å²) in [6.07, 6.45) is 2.29. The lowest BCUT2D eigenvalue weighted by molar-refractivity contribution is -0.135. The maximum atomic E-state index is 12.3. The Bertz CT molecular complexity index is 518. The SMILES string of the molecule is CCC(=O)N1CCC[C@H](C(=O)NCCN(C)c2ccccc2)C1. The Hall–Kier alpha value is -2.04. The Kier molecular flexibility index (Phi) is 6.44. The number of carbonyl (C=O) groups excluding carboxylic acids is 2. The van der Waals surface area contributed by atoms with Gasteiger partial charge in [-0.2, -0.15) is 0 Å². The number of carbonyl (C=O) groups is 2. The zero-order valence-corrected chi connectivity index (χ0v) is 14.1. The number of hydrogen-bond donors (Lipinski definition) is 1. The topological polar surface area (TPSA) is 52.7 Å². The highest BCUT2D eigenvalue weighted by molar-refractivity contribution is 5.81. The van der Waals surface area contributed by atoms with Gasteiger partial charge in [-0.25, -0.2) is 0 Å². The van der Waals surface area contributed by atoms with Crippen LogP contribution in [0, 0.1) is 5.92 Å². The Morgan fingerprint density at radius 3 is 2.74 bits per heavy atom. The molecule has 1 aromatic carbocycles. The number of nitrogens with one attached hydrogen (secondary N) is 1. The molecule has 0 unspecified atom stereocenters. The van der Waals surface area contributed by atoms with E-state index in [0.29, 0.717) is 19.5 Å². The molecular formula is C18H27N3O2. The molecule has 1 heterocycles. The first-order valence-corrected chi connectivity index (χ1v) is 8.43. The van der Waals surface area contributed by atoms with E-state index in [-0.39, 0.29) is 17.7 Å². The van der Waals surface area contributed by atoms with E-state index < -0.39 is 0 Å². The monoisotopic (exact) mass is 317 g/mol. The van der Waals surface area contributed by atoms with E-state index in [2.05, 4.69) is 22.3 Å². The van der Waals surface area contributed by atoms with Crippen molar-refractivity contribution < 1.29 is 9.59 Å². The van der Waals surface area contributed by atoms with E-state index in [4.69, 9.17) is 0 Å². The van der Waals surface area contributed by atoms with E-state index in [1.54, 1.807) is 0 Å². The normalized spacial score (nSPS) is 17.7. The number of hydrogen-bond acceptors (Lipinski definition) is 3. The molecule has 1 aliphatic rings. The molecule has 1 fully saturated rings. The van der Waals surface area contributed by atoms with Crippen molar-refractivity contribution in [2.75, 3.05) is 38.1 Å². The number of nitrogens with zero attached hydrogens (tertiary/aromatic N) is 2. The minimum atomic E-state index is -0.0683. The molecule has 126 valence electrons. The number of amides is 2. The molecule has 2 amide bonds. The van der Waals surface area contributed by atoms with Gasteiger partial charge in [0.25, 0.3) is 0 Å². The van der Waals surface area contributed by atoms with Crippen LogP contribution in [0.15, 0.2) is 30.3 Å². The standard InChI is InChI=1S/C18H27N3O2/c1-3-17(22)21-12-7-8-15(14-21)18(23)19-11-13-20(2)16-9-5-4-6-10-16/h4-6,9-10,15H,3,7-8,11-14H2,1-2H3,(H,19,23)/t15-/m0/s1. The summed E-state index contributed by atoms with van der Waals surface area (Å²) in [6.45, 7) is 4.59. The summed E-state index contributed by atoms with van der Waals surface area (Å²) in [4.78, 5) is 28.0. The Balaban J connectivity index is 1.75. The molecule has 1 aliphatic heterocycles. The van der Waals surface area contributed by atoms with Crippen molar-refractivity contribution in [3.63, 3.8) is 0 Å². The lowest BCUT2D eigenvalue weighted by Gasteiger charge is -2.32. The lowest BCUT2D eigenvalue weighted by atomic mass is 9.97. The van der Waals surface area contributed by atoms with Gasteiger partial charge in [0.2, 0.25) is 11.8 Å². The van der Waals surface area contributed by atoms with Crippen LogP contribution in [0.3, 0.4) is 0 Å². The van der Waals surface area contributed by atoms with Gasteiger partial charge in [-0.05, 0) is 25.0 Å². The van der Waals surface area contributed by atoms with Crippen molar-refractivity contribution in [1.82, 2.24) is 10.2 Å². The summed E-state index contributed by atoms with van der Waals surface area (Å²) in [7, 11) is 2.02. The molecular weight excluding hydrogens is 290 g/mol. The number of para-hydroxylation sites is 1. The molecule has 5 heteroatoms. The van der Waals surface area contributed by atoms with Crippen LogP contribution in [0.5, 0.6) is 0 Å². The largest absolute Gasteiger partial charge is 0.373 e. The van der Waals surface area contributed by atoms with Crippen LogP contribution in [0.2, 0.25) is 0 Å². The highest BCUT2D eigenvalue weighted by Gasteiger charge is 2.27. The number of rotatable bonds is 6. The molecule has 1 saturated heterocycles. The first kappa shape index (κ1) is 17.3. The first-order valence-electron chi connectivity index (χ1n) is 8.43. The van der Waals surface area contributed by atoms with E-state index in [1.807, 2.05) is 37.1 Å². The number of benzene rings is 1. The Labute approximate surface area is 138 Å². The van der Waals surface area contributed by atoms with Gasteiger partial charge >= 0.3 is 0 Å². The number of piperidine rings is 1. The van der Waals surface area contributed by atoms with Crippen molar-refractivity contribution in [3.05, 3.63) is 30.3 Å². The lowest BCUT2D eigenvalue weighted by Crippen LogP contribution is -2.46. The molecule has 1 atom stereocenters. The van der Waals surface area contributed by atoms with Crippen LogP contribution in [-0.2, 0) is 9.59 Å². The molecule has 1 aromatic rings. The average Bonchev–Trinajstić information content (AvgIpc) is 2.61. The van der Waals surface area contributed by atoms with Gasteiger partial charge in [0.15, 0.2) is 0 Å². The van der Waals surface area contributed by atoms with Crippen LogP contribution in [0.25, 0.3) is 0 Å². The summed E-state index contributed by atoms with van der Waals surface area (Å²) in [5.74, 6) is 0.146. The zero-order valence-electron chi connectivity index (χ0n) is 14.1. The molecule has 0 radical (unpaired) electrons. The summed E-state index contributed by atoms with van der Waals surface area (Å²) in [5.41, 5.74) is 1.14. The van der Waals surface area contributed by atoms with Crippen LogP contribution in [-0.4, -0.2) is 49.9 Å². The summed E-state index contributed by atoms with van der Waals surface area (Å²) < 4.78 is 0. The Morgan fingerprint density at radius 2 is 2.04 bits per heavy atom. The van der Waals surface area contributed by atoms with Gasteiger partial charge in [0, 0.05) is 45.3 Å². The van der Waals surface area contributed by atoms with Gasteiger partial charge in [-0.3, -0.25) is 9.59 Å². The summed E-state index contributed by atoms with van der Waals surface area (Å²) in [6, 6.07) is 10.1. The van der Waals surface area contributed by atoms with Gasteiger partial charge in [-0.15, -0.1) is 0 Å². The molecule has 0 aliphatic carbocycles. The third kappa shape index (κ3) is 4.98. The first-order chi connectivity index (χ1) is 11.1. The van der Waals surface area contributed by atoms with E-state index >= 15 is 0 Å². The van der Waals surface area contributed by atoms with E-state index in [1.165, 1.54) is 0 Å². The van der Waals surface area contributed by atoms with Crippen molar-refractivity contribution in [1.29, 1.82) is 0 Å². The van der Waals surface area contributed by atoms with Gasteiger partial charge in [0.1, 0.15) is 0 Å². The maximum absolute atomic E-state index is 12.3.